The quantitative estimate of drug-likeness (QED) is 0.314. The van der Waals surface area contributed by atoms with Crippen LogP contribution in [0.3, 0.4) is 0 Å². The van der Waals surface area contributed by atoms with Crippen molar-refractivity contribution in [3.8, 4) is 0 Å². The fourth-order valence-corrected chi connectivity index (χ4v) is 7.84. The average molecular weight is 566 g/mol. The molecule has 6 atom stereocenters. The number of hydrogen-bond donors (Lipinski definition) is 4. The molecule has 2 aliphatic carbocycles. The molecule has 7 nitrogen and oxygen atoms in total. The van der Waals surface area contributed by atoms with Crippen LogP contribution >= 0.6 is 11.3 Å². The number of aliphatic hydroxyl groups is 2. The van der Waals surface area contributed by atoms with Crippen molar-refractivity contribution >= 4 is 28.3 Å². The Hall–Kier alpha value is -3.14. The van der Waals surface area contributed by atoms with E-state index in [0.717, 1.165) is 16.1 Å². The fourth-order valence-electron chi connectivity index (χ4n) is 6.78. The van der Waals surface area contributed by atoms with E-state index < -0.39 is 28.7 Å². The van der Waals surface area contributed by atoms with E-state index in [9.17, 15) is 24.2 Å². The van der Waals surface area contributed by atoms with Crippen LogP contribution in [0.4, 0.5) is 9.52 Å². The summed E-state index contributed by atoms with van der Waals surface area (Å²) in [4.78, 5) is 32.1. The van der Waals surface area contributed by atoms with E-state index in [0.29, 0.717) is 30.0 Å². The largest absolute Gasteiger partial charge is 0.396 e. The van der Waals surface area contributed by atoms with Crippen molar-refractivity contribution in [1.82, 2.24) is 10.3 Å². The summed E-state index contributed by atoms with van der Waals surface area (Å²) in [6, 6.07) is 14.9. The van der Waals surface area contributed by atoms with Crippen LogP contribution in [0.25, 0.3) is 0 Å². The summed E-state index contributed by atoms with van der Waals surface area (Å²) in [5.41, 5.74) is 0.980. The van der Waals surface area contributed by atoms with Crippen LogP contribution < -0.4 is 10.6 Å². The number of nitrogens with zero attached hydrogens (tertiary/aromatic N) is 1. The third kappa shape index (κ3) is 5.18. The number of hydrogen-bond acceptors (Lipinski definition) is 6. The molecule has 1 heterocycles. The van der Waals surface area contributed by atoms with Crippen LogP contribution in [-0.4, -0.2) is 39.7 Å². The predicted molar refractivity (Wildman–Crippen MR) is 153 cm³/mol. The van der Waals surface area contributed by atoms with E-state index in [-0.39, 0.29) is 36.8 Å². The highest BCUT2D eigenvalue weighted by atomic mass is 32.1. The first-order valence-electron chi connectivity index (χ1n) is 13.7. The van der Waals surface area contributed by atoms with Gasteiger partial charge in [0.25, 0.3) is 5.91 Å². The lowest BCUT2D eigenvalue weighted by Gasteiger charge is -2.58. The van der Waals surface area contributed by atoms with Crippen LogP contribution in [-0.2, 0) is 11.2 Å². The van der Waals surface area contributed by atoms with Crippen molar-refractivity contribution in [2.75, 3.05) is 11.9 Å². The normalized spacial score (nSPS) is 28.2. The van der Waals surface area contributed by atoms with Gasteiger partial charge in [0.15, 0.2) is 5.13 Å². The van der Waals surface area contributed by atoms with Gasteiger partial charge in [0.1, 0.15) is 5.82 Å². The van der Waals surface area contributed by atoms with Crippen molar-refractivity contribution in [2.24, 2.45) is 16.7 Å². The van der Waals surface area contributed by atoms with E-state index in [2.05, 4.69) is 17.6 Å². The first kappa shape index (κ1) is 28.4. The third-order valence-electron chi connectivity index (χ3n) is 9.29. The molecule has 1 fully saturated rings. The van der Waals surface area contributed by atoms with Gasteiger partial charge < -0.3 is 15.5 Å². The Balaban J connectivity index is 1.46. The van der Waals surface area contributed by atoms with E-state index in [1.807, 2.05) is 44.2 Å². The van der Waals surface area contributed by atoms with Gasteiger partial charge >= 0.3 is 0 Å². The number of aromatic nitrogens is 1. The molecule has 40 heavy (non-hydrogen) atoms. The average Bonchev–Trinajstić information content (AvgIpc) is 3.35. The fraction of sp³-hybridized carbons (Fsp3) is 0.452. The van der Waals surface area contributed by atoms with Gasteiger partial charge in [0.2, 0.25) is 5.91 Å². The second-order valence-electron chi connectivity index (χ2n) is 11.7. The van der Waals surface area contributed by atoms with Crippen LogP contribution in [0.5, 0.6) is 0 Å². The lowest BCUT2D eigenvalue weighted by atomic mass is 9.47. The number of anilines is 1. The number of thiazole rings is 1. The monoisotopic (exact) mass is 565 g/mol. The summed E-state index contributed by atoms with van der Waals surface area (Å²) < 4.78 is 13.3. The SMILES string of the molecule is CC(NC(=O)CC1c2nc(NC(=O)c3ccc(F)cc3)sc2CC2C(C)(CO)C(O)CCC12C)c1ccccc1. The van der Waals surface area contributed by atoms with Gasteiger partial charge in [0.05, 0.1) is 24.4 Å². The Bertz CT molecular complexity index is 1380. The van der Waals surface area contributed by atoms with Gasteiger partial charge in [-0.15, -0.1) is 11.3 Å². The van der Waals surface area contributed by atoms with Gasteiger partial charge in [-0.1, -0.05) is 44.2 Å². The van der Waals surface area contributed by atoms with Crippen molar-refractivity contribution in [3.05, 3.63) is 82.1 Å². The van der Waals surface area contributed by atoms with Crippen molar-refractivity contribution in [2.45, 2.75) is 64.5 Å². The predicted octanol–water partition coefficient (Wildman–Crippen LogP) is 5.22. The number of rotatable bonds is 7. The minimum absolute atomic E-state index is 0.0910. The maximum atomic E-state index is 13.5. The molecule has 1 saturated carbocycles. The summed E-state index contributed by atoms with van der Waals surface area (Å²) >= 11 is 1.36. The van der Waals surface area contributed by atoms with Gasteiger partial charge in [-0.05, 0) is 67.3 Å². The molecule has 5 rings (SSSR count). The molecule has 6 unspecified atom stereocenters. The van der Waals surface area contributed by atoms with Crippen LogP contribution in [0.1, 0.15) is 78.5 Å². The number of aliphatic hydroxyl groups excluding tert-OH is 2. The van der Waals surface area contributed by atoms with Crippen molar-refractivity contribution < 1.29 is 24.2 Å². The second-order valence-corrected chi connectivity index (χ2v) is 12.8. The molecule has 1 aromatic heterocycles. The summed E-state index contributed by atoms with van der Waals surface area (Å²) in [6.45, 7) is 5.86. The number of carbonyl (C=O) groups excluding carboxylic acids is 2. The summed E-state index contributed by atoms with van der Waals surface area (Å²) in [5, 5.41) is 27.8. The molecule has 4 N–H and O–H groups in total. The highest BCUT2D eigenvalue weighted by molar-refractivity contribution is 7.15. The number of amides is 2. The topological polar surface area (TPSA) is 112 Å². The maximum absolute atomic E-state index is 13.5. The molecule has 2 aliphatic rings. The second kappa shape index (κ2) is 11.0. The lowest BCUT2D eigenvalue weighted by Crippen LogP contribution is -2.57. The smallest absolute Gasteiger partial charge is 0.257 e. The van der Waals surface area contributed by atoms with E-state index >= 15 is 0 Å². The number of carbonyl (C=O) groups is 2. The zero-order chi connectivity index (χ0) is 28.7. The Morgan fingerprint density at radius 3 is 2.52 bits per heavy atom. The van der Waals surface area contributed by atoms with Crippen LogP contribution in [0, 0.1) is 22.6 Å². The van der Waals surface area contributed by atoms with Gasteiger partial charge in [-0.2, -0.15) is 0 Å². The highest BCUT2D eigenvalue weighted by Gasteiger charge is 2.59. The lowest BCUT2D eigenvalue weighted by molar-refractivity contribution is -0.144. The number of fused-ring (bicyclic) bond motifs is 2. The Kier molecular flexibility index (Phi) is 7.83. The first-order valence-corrected chi connectivity index (χ1v) is 14.6. The molecule has 3 aromatic rings. The number of benzene rings is 2. The van der Waals surface area contributed by atoms with Gasteiger partial charge in [0, 0.05) is 28.2 Å². The number of halogens is 1. The molecule has 212 valence electrons. The molecule has 0 spiro atoms. The molecule has 0 saturated heterocycles. The molecule has 0 radical (unpaired) electrons. The first-order chi connectivity index (χ1) is 19.0. The molecular weight excluding hydrogens is 529 g/mol. The zero-order valence-electron chi connectivity index (χ0n) is 23.0. The van der Waals surface area contributed by atoms with Crippen molar-refractivity contribution in [1.29, 1.82) is 0 Å². The minimum atomic E-state index is -0.738. The summed E-state index contributed by atoms with van der Waals surface area (Å²) in [7, 11) is 0. The van der Waals surface area contributed by atoms with Gasteiger partial charge in [-0.3, -0.25) is 14.9 Å². The third-order valence-corrected chi connectivity index (χ3v) is 10.3. The standard InChI is InChI=1S/C31H36FN3O4S/c1-18(19-7-5-4-6-8-19)33-26(38)15-22-27-23(16-24-30(22,2)14-13-25(37)31(24,3)17-36)40-29(34-27)35-28(39)20-9-11-21(32)12-10-20/h4-12,18,22,24-25,36-37H,13-17H2,1-3H3,(H,33,38)(H,34,35,39). The summed E-state index contributed by atoms with van der Waals surface area (Å²) in [6.07, 6.45) is 1.34. The Morgan fingerprint density at radius 2 is 1.85 bits per heavy atom. The Labute approximate surface area is 237 Å². The Morgan fingerprint density at radius 1 is 1.15 bits per heavy atom. The summed E-state index contributed by atoms with van der Waals surface area (Å²) in [5.74, 6) is -1.27. The zero-order valence-corrected chi connectivity index (χ0v) is 23.8. The van der Waals surface area contributed by atoms with E-state index in [4.69, 9.17) is 4.98 Å². The maximum Gasteiger partial charge on any atom is 0.257 e. The van der Waals surface area contributed by atoms with Crippen LogP contribution in [0.15, 0.2) is 54.6 Å². The molecule has 2 aromatic carbocycles. The van der Waals surface area contributed by atoms with Gasteiger partial charge in [-0.25, -0.2) is 9.37 Å². The molecule has 2 amide bonds. The van der Waals surface area contributed by atoms with Crippen LogP contribution in [0.2, 0.25) is 0 Å². The number of nitrogens with one attached hydrogen (secondary N) is 2. The van der Waals surface area contributed by atoms with E-state index in [1.165, 1.54) is 35.6 Å². The molecule has 0 bridgehead atoms. The molecular formula is C31H36FN3O4S. The van der Waals surface area contributed by atoms with E-state index in [1.54, 1.807) is 0 Å². The molecule has 9 heteroatoms. The molecule has 0 aliphatic heterocycles. The van der Waals surface area contributed by atoms with Crippen molar-refractivity contribution in [3.63, 3.8) is 0 Å². The minimum Gasteiger partial charge on any atom is -0.396 e. The highest BCUT2D eigenvalue weighted by Crippen LogP contribution is 2.62.